The zero-order valence-corrected chi connectivity index (χ0v) is 8.88. The lowest BCUT2D eigenvalue weighted by atomic mass is 10.1. The molecule has 0 unspecified atom stereocenters. The highest BCUT2D eigenvalue weighted by Crippen LogP contribution is 2.27. The number of thioether (sulfide) groups is 1. The van der Waals surface area contributed by atoms with Gasteiger partial charge in [0.25, 0.3) is 11.1 Å². The number of hydrogen-bond donors (Lipinski definition) is 3. The fourth-order valence-corrected chi connectivity index (χ4v) is 1.92. The number of phenols is 1. The van der Waals surface area contributed by atoms with E-state index < -0.39 is 5.91 Å². The molecule has 82 valence electrons. The summed E-state index contributed by atoms with van der Waals surface area (Å²) in [6.07, 6.45) is 1.54. The van der Waals surface area contributed by atoms with E-state index in [0.717, 1.165) is 11.8 Å². The summed E-state index contributed by atoms with van der Waals surface area (Å²) in [5, 5.41) is 11.0. The molecule has 0 saturated carbocycles. The van der Waals surface area contributed by atoms with E-state index in [1.807, 2.05) is 0 Å². The number of amides is 2. The summed E-state index contributed by atoms with van der Waals surface area (Å²) in [6, 6.07) is 4.56. The second-order valence-corrected chi connectivity index (χ2v) is 4.19. The third-order valence-corrected chi connectivity index (χ3v) is 2.80. The van der Waals surface area contributed by atoms with Crippen molar-refractivity contribution in [3.05, 3.63) is 28.7 Å². The fraction of sp³-hybridized carbons (Fsp3) is 0. The molecule has 16 heavy (non-hydrogen) atoms. The molecule has 1 fully saturated rings. The van der Waals surface area contributed by atoms with E-state index in [4.69, 9.17) is 5.73 Å². The molecule has 0 aromatic heterocycles. The number of nitrogens with two attached hydrogens (primary N) is 1. The Morgan fingerprint density at radius 1 is 1.38 bits per heavy atom. The topological polar surface area (TPSA) is 92.4 Å². The first kappa shape index (κ1) is 10.6. The SMILES string of the molecule is Nc1cc(/C=C2\SC(=O)NC2=O)ccc1O. The van der Waals surface area contributed by atoms with Crippen molar-refractivity contribution in [2.24, 2.45) is 0 Å². The number of phenolic OH excluding ortho intramolecular Hbond substituents is 1. The highest BCUT2D eigenvalue weighted by atomic mass is 32.2. The monoisotopic (exact) mass is 236 g/mol. The molecular weight excluding hydrogens is 228 g/mol. The van der Waals surface area contributed by atoms with Gasteiger partial charge in [0.15, 0.2) is 0 Å². The molecular formula is C10H8N2O3S. The molecule has 1 aromatic rings. The lowest BCUT2D eigenvalue weighted by Gasteiger charge is -2.00. The molecule has 1 aromatic carbocycles. The van der Waals surface area contributed by atoms with E-state index in [9.17, 15) is 14.7 Å². The Morgan fingerprint density at radius 3 is 2.69 bits per heavy atom. The van der Waals surface area contributed by atoms with E-state index in [1.165, 1.54) is 12.1 Å². The van der Waals surface area contributed by atoms with Gasteiger partial charge in [-0.3, -0.25) is 14.9 Å². The molecule has 0 bridgehead atoms. The van der Waals surface area contributed by atoms with Crippen molar-refractivity contribution in [2.45, 2.75) is 0 Å². The molecule has 0 radical (unpaired) electrons. The van der Waals surface area contributed by atoms with E-state index >= 15 is 0 Å². The van der Waals surface area contributed by atoms with Crippen molar-refractivity contribution in [1.29, 1.82) is 0 Å². The fourth-order valence-electron chi connectivity index (χ4n) is 1.24. The summed E-state index contributed by atoms with van der Waals surface area (Å²) >= 11 is 0.837. The lowest BCUT2D eigenvalue weighted by molar-refractivity contribution is -0.115. The zero-order valence-electron chi connectivity index (χ0n) is 8.06. The van der Waals surface area contributed by atoms with Gasteiger partial charge >= 0.3 is 0 Å². The number of imide groups is 1. The van der Waals surface area contributed by atoms with E-state index in [1.54, 1.807) is 12.1 Å². The second-order valence-electron chi connectivity index (χ2n) is 3.17. The van der Waals surface area contributed by atoms with Crippen LogP contribution in [0.2, 0.25) is 0 Å². The van der Waals surface area contributed by atoms with Gasteiger partial charge in [-0.05, 0) is 35.5 Å². The summed E-state index contributed by atoms with van der Waals surface area (Å²) in [5.74, 6) is -0.427. The van der Waals surface area contributed by atoms with Crippen LogP contribution >= 0.6 is 11.8 Å². The first-order valence-electron chi connectivity index (χ1n) is 4.39. The van der Waals surface area contributed by atoms with Crippen LogP contribution in [0, 0.1) is 0 Å². The van der Waals surface area contributed by atoms with Gasteiger partial charge in [0.2, 0.25) is 0 Å². The predicted octanol–water partition coefficient (Wildman–Crippen LogP) is 1.30. The Morgan fingerprint density at radius 2 is 2.12 bits per heavy atom. The maximum Gasteiger partial charge on any atom is 0.290 e. The van der Waals surface area contributed by atoms with Crippen LogP contribution in [-0.2, 0) is 4.79 Å². The second kappa shape index (κ2) is 3.90. The third kappa shape index (κ3) is 2.01. The third-order valence-electron chi connectivity index (χ3n) is 1.99. The molecule has 2 amide bonds. The van der Waals surface area contributed by atoms with Crippen molar-refractivity contribution in [2.75, 3.05) is 5.73 Å². The van der Waals surface area contributed by atoms with Crippen molar-refractivity contribution < 1.29 is 14.7 Å². The predicted molar refractivity (Wildman–Crippen MR) is 61.6 cm³/mol. The largest absolute Gasteiger partial charge is 0.506 e. The van der Waals surface area contributed by atoms with Crippen LogP contribution in [0.1, 0.15) is 5.56 Å². The van der Waals surface area contributed by atoms with Gasteiger partial charge in [-0.15, -0.1) is 0 Å². The molecule has 5 nitrogen and oxygen atoms in total. The van der Waals surface area contributed by atoms with Crippen LogP contribution in [0.5, 0.6) is 5.75 Å². The van der Waals surface area contributed by atoms with Crippen molar-refractivity contribution >= 4 is 34.7 Å². The summed E-state index contributed by atoms with van der Waals surface area (Å²) in [6.45, 7) is 0. The molecule has 0 aliphatic carbocycles. The van der Waals surface area contributed by atoms with Gasteiger partial charge < -0.3 is 10.8 Å². The highest BCUT2D eigenvalue weighted by Gasteiger charge is 2.24. The van der Waals surface area contributed by atoms with Crippen LogP contribution in [0.15, 0.2) is 23.1 Å². The zero-order chi connectivity index (χ0) is 11.7. The lowest BCUT2D eigenvalue weighted by Crippen LogP contribution is -2.17. The van der Waals surface area contributed by atoms with Gasteiger partial charge in [-0.25, -0.2) is 0 Å². The highest BCUT2D eigenvalue weighted by molar-refractivity contribution is 8.18. The minimum Gasteiger partial charge on any atom is -0.506 e. The first-order valence-corrected chi connectivity index (χ1v) is 5.21. The van der Waals surface area contributed by atoms with Gasteiger partial charge in [-0.2, -0.15) is 0 Å². The summed E-state index contributed by atoms with van der Waals surface area (Å²) < 4.78 is 0. The molecule has 1 aliphatic rings. The number of nitrogens with one attached hydrogen (secondary N) is 1. The summed E-state index contributed by atoms with van der Waals surface area (Å²) in [7, 11) is 0. The van der Waals surface area contributed by atoms with E-state index in [0.29, 0.717) is 10.5 Å². The first-order chi connectivity index (χ1) is 7.56. The quantitative estimate of drug-likeness (QED) is 0.388. The van der Waals surface area contributed by atoms with Crippen molar-refractivity contribution in [1.82, 2.24) is 5.32 Å². The number of rotatable bonds is 1. The molecule has 1 heterocycles. The van der Waals surface area contributed by atoms with Gasteiger partial charge in [0, 0.05) is 0 Å². The smallest absolute Gasteiger partial charge is 0.290 e. The Kier molecular flexibility index (Phi) is 2.57. The maximum atomic E-state index is 11.2. The molecule has 0 spiro atoms. The van der Waals surface area contributed by atoms with Crippen LogP contribution in [-0.4, -0.2) is 16.3 Å². The minimum absolute atomic E-state index is 0.0123. The molecule has 2 rings (SSSR count). The standard InChI is InChI=1S/C10H8N2O3S/c11-6-3-5(1-2-7(6)13)4-8-9(14)12-10(15)16-8/h1-4,13H,11H2,(H,12,14,15)/b8-4-. The average Bonchev–Trinajstić information content (AvgIpc) is 2.51. The number of aromatic hydroxyl groups is 1. The van der Waals surface area contributed by atoms with Crippen LogP contribution < -0.4 is 11.1 Å². The summed E-state index contributed by atoms with van der Waals surface area (Å²) in [5.41, 5.74) is 6.38. The maximum absolute atomic E-state index is 11.2. The number of hydrogen-bond acceptors (Lipinski definition) is 5. The molecule has 1 saturated heterocycles. The molecule has 6 heteroatoms. The number of nitrogen functional groups attached to an aromatic ring is 1. The number of carbonyl (C=O) groups is 2. The Balaban J connectivity index is 2.32. The van der Waals surface area contributed by atoms with Crippen LogP contribution in [0.25, 0.3) is 6.08 Å². The minimum atomic E-state index is -0.415. The van der Waals surface area contributed by atoms with E-state index in [2.05, 4.69) is 5.32 Å². The Hall–Kier alpha value is -1.95. The molecule has 1 aliphatic heterocycles. The van der Waals surface area contributed by atoms with Crippen LogP contribution in [0.4, 0.5) is 10.5 Å². The number of benzene rings is 1. The summed E-state index contributed by atoms with van der Waals surface area (Å²) in [4.78, 5) is 22.5. The molecule has 4 N–H and O–H groups in total. The van der Waals surface area contributed by atoms with Gasteiger partial charge in [-0.1, -0.05) is 6.07 Å². The average molecular weight is 236 g/mol. The van der Waals surface area contributed by atoms with E-state index in [-0.39, 0.29) is 16.7 Å². The van der Waals surface area contributed by atoms with Crippen LogP contribution in [0.3, 0.4) is 0 Å². The Bertz CT molecular complexity index is 511. The van der Waals surface area contributed by atoms with Gasteiger partial charge in [0.05, 0.1) is 10.6 Å². The molecule has 0 atom stereocenters. The normalized spacial score (nSPS) is 17.9. The Labute approximate surface area is 95.3 Å². The van der Waals surface area contributed by atoms with Crippen molar-refractivity contribution in [3.8, 4) is 5.75 Å². The van der Waals surface area contributed by atoms with Crippen molar-refractivity contribution in [3.63, 3.8) is 0 Å². The van der Waals surface area contributed by atoms with Gasteiger partial charge in [0.1, 0.15) is 5.75 Å². The number of anilines is 1. The number of carbonyl (C=O) groups excluding carboxylic acids is 2.